The van der Waals surface area contributed by atoms with Crippen molar-refractivity contribution in [1.29, 1.82) is 0 Å². The average molecular weight is 1300 g/mol. The number of phenolic OH excluding ortho intramolecular Hbond substituents is 1. The Balaban J connectivity index is 1.62. The minimum Gasteiger partial charge on any atom is -0.508 e. The molecule has 0 radical (unpaired) electrons. The Morgan fingerprint density at radius 1 is 0.733 bits per heavy atom. The van der Waals surface area contributed by atoms with Crippen molar-refractivity contribution in [2.24, 2.45) is 11.7 Å². The highest BCUT2D eigenvalue weighted by Crippen LogP contribution is 2.20. The van der Waals surface area contributed by atoms with Gasteiger partial charge in [0.05, 0.1) is 38.6 Å². The Hall–Kier alpha value is -7.54. The molecule has 1 saturated heterocycles. The number of nitrogens with one attached hydrogen (secondary N) is 9. The maximum atomic E-state index is 14.7. The van der Waals surface area contributed by atoms with Gasteiger partial charge in [-0.05, 0) is 93.0 Å². The topological polar surface area (TPSA) is 403 Å². The zero-order valence-electron chi connectivity index (χ0n) is 51.7. The summed E-state index contributed by atoms with van der Waals surface area (Å²) in [4.78, 5) is 140. The smallest absolute Gasteiger partial charge is 0.328 e. The van der Waals surface area contributed by atoms with Crippen molar-refractivity contribution >= 4 is 83.5 Å². The van der Waals surface area contributed by atoms with Crippen molar-refractivity contribution in [2.75, 3.05) is 63.9 Å². The summed E-state index contributed by atoms with van der Waals surface area (Å²) in [5.74, 6) is -8.78. The SMILES string of the molecule is CCC(C)[C@@H]1NC(=O)[C@H](Cc2ccccc2)NC(=O)[C@H](Cc2ccc(O)cc2)NC(=O)[C@@H](NC(=O)[C@@H](NC(=O)[C@H](CO)NC(=O)[C@H](Cc2ccc(OC(C)(C)C)cc2)NC(=O)COCCOCCNC(=O)[C@@H](N)CS)C(C)O)COC(=O)[C@H](CCSC)NC1=O. The Bertz CT molecular complexity index is 2830. The summed E-state index contributed by atoms with van der Waals surface area (Å²) >= 11 is 5.34. The molecule has 0 saturated carbocycles. The van der Waals surface area contributed by atoms with Crippen LogP contribution < -0.4 is 58.3 Å². The van der Waals surface area contributed by atoms with Crippen LogP contribution in [-0.4, -0.2) is 204 Å². The molecular weight excluding hydrogens is 1210 g/mol. The number of cyclic esters (lactones) is 1. The molecule has 29 heteroatoms. The van der Waals surface area contributed by atoms with E-state index >= 15 is 0 Å². The second-order valence-corrected chi connectivity index (χ2v) is 23.8. The predicted molar refractivity (Wildman–Crippen MR) is 337 cm³/mol. The number of thiol groups is 1. The molecule has 3 aromatic rings. The lowest BCUT2D eigenvalue weighted by molar-refractivity contribution is -0.151. The van der Waals surface area contributed by atoms with Crippen molar-refractivity contribution in [3.8, 4) is 11.5 Å². The van der Waals surface area contributed by atoms with Crippen LogP contribution in [-0.2, 0) is 81.4 Å². The molecule has 1 fully saturated rings. The third-order valence-corrected chi connectivity index (χ3v) is 15.0. The molecule has 14 N–H and O–H groups in total. The van der Waals surface area contributed by atoms with E-state index in [4.69, 9.17) is 24.7 Å². The van der Waals surface area contributed by atoms with Crippen LogP contribution >= 0.6 is 24.4 Å². The Morgan fingerprint density at radius 2 is 1.32 bits per heavy atom. The zero-order chi connectivity index (χ0) is 66.5. The first-order chi connectivity index (χ1) is 42.7. The van der Waals surface area contributed by atoms with Crippen molar-refractivity contribution in [2.45, 2.75) is 140 Å². The molecule has 0 aliphatic carbocycles. The van der Waals surface area contributed by atoms with Crippen molar-refractivity contribution in [3.05, 3.63) is 95.6 Å². The van der Waals surface area contributed by atoms with Gasteiger partial charge in [0.2, 0.25) is 53.2 Å². The Morgan fingerprint density at radius 3 is 1.92 bits per heavy atom. The molecule has 9 amide bonds. The maximum Gasteiger partial charge on any atom is 0.328 e. The summed E-state index contributed by atoms with van der Waals surface area (Å²) in [6, 6.07) is 7.60. The van der Waals surface area contributed by atoms with Gasteiger partial charge in [0.1, 0.15) is 78.6 Å². The number of carbonyl (C=O) groups is 10. The molecule has 2 unspecified atom stereocenters. The van der Waals surface area contributed by atoms with Crippen LogP contribution in [0.15, 0.2) is 78.9 Å². The number of benzene rings is 3. The van der Waals surface area contributed by atoms with Gasteiger partial charge in [-0.25, -0.2) is 4.79 Å². The van der Waals surface area contributed by atoms with Crippen LogP contribution in [0.3, 0.4) is 0 Å². The van der Waals surface area contributed by atoms with Crippen molar-refractivity contribution in [3.63, 3.8) is 0 Å². The molecule has 0 spiro atoms. The largest absolute Gasteiger partial charge is 0.508 e. The fourth-order valence-electron chi connectivity index (χ4n) is 8.79. The van der Waals surface area contributed by atoms with Gasteiger partial charge in [-0.2, -0.15) is 24.4 Å². The standard InChI is InChI=1S/C61H88N10O17S2/c1-8-35(2)50-58(82)65-43(22-27-90-7)60(84)87-32-48(57(81)67-45(30-38-14-18-40(74)19-15-38)54(78)66-46(55(79)70-50)28-37-12-10-9-11-13-37)69-59(83)51(36(3)73)71-56(80)47(31-72)68-53(77)44(29-39-16-20-41(21-17-39)88-61(4,5)6)64-49(75)33-86-26-25-85-24-23-63-52(76)42(62)34-89/h9-21,35-36,42-48,50-51,72-74,89H,8,22-34,62H2,1-7H3,(H,63,76)(H,64,75)(H,65,82)(H,66,78)(H,67,81)(H,68,77)(H,69,83)(H,70,79)(H,71,80)/t35?,36?,42-,43-,44-,45-,46-,47-,48-,50-,51-/m0/s1. The first kappa shape index (κ1) is 74.9. The predicted octanol–water partition coefficient (Wildman–Crippen LogP) is -1.39. The highest BCUT2D eigenvalue weighted by Gasteiger charge is 2.38. The monoisotopic (exact) mass is 1300 g/mol. The van der Waals surface area contributed by atoms with Gasteiger partial charge < -0.3 is 87.9 Å². The van der Waals surface area contributed by atoms with Gasteiger partial charge in [-0.15, -0.1) is 0 Å². The number of hydrogen-bond donors (Lipinski definition) is 14. The maximum absolute atomic E-state index is 14.7. The Kier molecular flexibility index (Phi) is 31.8. The number of aliphatic hydroxyl groups is 2. The number of esters is 1. The lowest BCUT2D eigenvalue weighted by Crippen LogP contribution is -2.63. The van der Waals surface area contributed by atoms with E-state index in [1.807, 2.05) is 20.8 Å². The summed E-state index contributed by atoms with van der Waals surface area (Å²) in [6.45, 7) is 7.92. The van der Waals surface area contributed by atoms with Crippen LogP contribution in [0.5, 0.6) is 11.5 Å². The fraction of sp³-hybridized carbons (Fsp3) is 0.541. The highest BCUT2D eigenvalue weighted by molar-refractivity contribution is 7.98. The van der Waals surface area contributed by atoms with E-state index in [1.54, 1.807) is 74.7 Å². The number of nitrogens with two attached hydrogens (primary N) is 1. The van der Waals surface area contributed by atoms with E-state index in [1.165, 1.54) is 36.0 Å². The van der Waals surface area contributed by atoms with E-state index < -0.39 is 151 Å². The quantitative estimate of drug-likeness (QED) is 0.0200. The fourth-order valence-corrected chi connectivity index (χ4v) is 9.43. The van der Waals surface area contributed by atoms with Gasteiger partial charge >= 0.3 is 5.97 Å². The second-order valence-electron chi connectivity index (χ2n) is 22.5. The minimum atomic E-state index is -1.97. The van der Waals surface area contributed by atoms with Gasteiger partial charge in [0.15, 0.2) is 0 Å². The van der Waals surface area contributed by atoms with Crippen molar-refractivity contribution in [1.82, 2.24) is 47.9 Å². The van der Waals surface area contributed by atoms with E-state index in [2.05, 4.69) is 60.5 Å². The van der Waals surface area contributed by atoms with E-state index in [0.29, 0.717) is 34.6 Å². The number of amides is 9. The average Bonchev–Trinajstić information content (AvgIpc) is 1.14. The molecule has 1 heterocycles. The number of phenols is 1. The number of carbonyl (C=O) groups excluding carboxylic acids is 10. The Labute approximate surface area is 533 Å². The van der Waals surface area contributed by atoms with Crippen LogP contribution in [0, 0.1) is 5.92 Å². The van der Waals surface area contributed by atoms with Crippen LogP contribution in [0.2, 0.25) is 0 Å². The molecule has 4 rings (SSSR count). The number of thioether (sulfide) groups is 1. The van der Waals surface area contributed by atoms with E-state index in [-0.39, 0.29) is 63.6 Å². The first-order valence-corrected chi connectivity index (χ1v) is 31.5. The molecule has 90 heavy (non-hydrogen) atoms. The highest BCUT2D eigenvalue weighted by atomic mass is 32.2. The van der Waals surface area contributed by atoms with E-state index in [0.717, 1.165) is 6.92 Å². The van der Waals surface area contributed by atoms with Gasteiger partial charge in [-0.3, -0.25) is 43.2 Å². The molecule has 496 valence electrons. The van der Waals surface area contributed by atoms with Crippen LogP contribution in [0.25, 0.3) is 0 Å². The molecule has 1 aliphatic rings. The molecule has 3 aromatic carbocycles. The van der Waals surface area contributed by atoms with Crippen LogP contribution in [0.4, 0.5) is 0 Å². The second kappa shape index (κ2) is 38.2. The van der Waals surface area contributed by atoms with E-state index in [9.17, 15) is 63.3 Å². The van der Waals surface area contributed by atoms with Crippen molar-refractivity contribution < 1.29 is 82.2 Å². The molecule has 27 nitrogen and oxygen atoms in total. The third-order valence-electron chi connectivity index (χ3n) is 14.0. The number of rotatable bonds is 31. The number of hydrogen-bond acceptors (Lipinski definition) is 20. The lowest BCUT2D eigenvalue weighted by Gasteiger charge is -2.30. The van der Waals surface area contributed by atoms with Crippen LogP contribution in [0.1, 0.15) is 71.1 Å². The molecule has 0 aromatic heterocycles. The normalized spacial score (nSPS) is 19.7. The van der Waals surface area contributed by atoms with Gasteiger partial charge in [-0.1, -0.05) is 74.9 Å². The first-order valence-electron chi connectivity index (χ1n) is 29.5. The summed E-state index contributed by atoms with van der Waals surface area (Å²) in [7, 11) is 0. The summed E-state index contributed by atoms with van der Waals surface area (Å²) in [6.07, 6.45) is -0.0731. The summed E-state index contributed by atoms with van der Waals surface area (Å²) in [5, 5.41) is 54.7. The number of ether oxygens (including phenoxy) is 4. The summed E-state index contributed by atoms with van der Waals surface area (Å²) in [5.41, 5.74) is 6.68. The third kappa shape index (κ3) is 26.1. The summed E-state index contributed by atoms with van der Waals surface area (Å²) < 4.78 is 22.4. The minimum absolute atomic E-state index is 0.0211. The van der Waals surface area contributed by atoms with Gasteiger partial charge in [0.25, 0.3) is 0 Å². The molecular formula is C61H88N10O17S2. The zero-order valence-corrected chi connectivity index (χ0v) is 53.5. The number of aliphatic hydroxyl groups excluding tert-OH is 2. The molecule has 1 aliphatic heterocycles. The molecule has 0 bridgehead atoms. The van der Waals surface area contributed by atoms with Gasteiger partial charge in [0, 0.05) is 31.6 Å². The lowest BCUT2D eigenvalue weighted by atomic mass is 9.96. The number of aromatic hydroxyl groups is 1. The molecule has 11 atom stereocenters.